The predicted octanol–water partition coefficient (Wildman–Crippen LogP) is 19.6. The highest BCUT2D eigenvalue weighted by Crippen LogP contribution is 2.47. The normalized spacial score (nSPS) is 11.9. The fourth-order valence-electron chi connectivity index (χ4n) is 12.5. The van der Waals surface area contributed by atoms with Gasteiger partial charge in [0, 0.05) is 44.5 Å². The van der Waals surface area contributed by atoms with E-state index < -0.39 is 0 Å². The van der Waals surface area contributed by atoms with E-state index in [1.165, 1.54) is 75.8 Å². The average Bonchev–Trinajstić information content (AvgIpc) is 4.05. The van der Waals surface area contributed by atoms with Gasteiger partial charge in [0.05, 0.1) is 22.6 Å². The van der Waals surface area contributed by atoms with E-state index in [9.17, 15) is 0 Å². The standard InChI is InChI=1S/C74H46N4/c1-45-23-25-55(26-24-45)73-75-69(53-31-37-58(38-32-53)78-72(54-15-7-3-8-16-54)70(52-13-5-2-6-14-52)77-74(78)56-17-9-4-10-18-56)64-44-57(59-39-33-50-29-27-46-19-11-21-48-35-41-61(59)67(50)65(46)48)43-63(71(64)76-73)60-40-34-51-30-28-47-20-12-22-49-36-42-62(60)68(51)66(47)49/h2-44H,1H3. The summed E-state index contributed by atoms with van der Waals surface area (Å²) < 4.78 is 2.32. The minimum Gasteiger partial charge on any atom is -0.292 e. The van der Waals surface area contributed by atoms with E-state index in [-0.39, 0.29) is 0 Å². The molecule has 0 saturated carbocycles. The molecular formula is C74H46N4. The van der Waals surface area contributed by atoms with Gasteiger partial charge in [0.15, 0.2) is 5.82 Å². The van der Waals surface area contributed by atoms with Gasteiger partial charge in [-0.1, -0.05) is 242 Å². The van der Waals surface area contributed by atoms with Crippen molar-refractivity contribution in [2.45, 2.75) is 6.92 Å². The number of nitrogens with zero attached hydrogens (tertiary/aromatic N) is 4. The molecule has 0 saturated heterocycles. The van der Waals surface area contributed by atoms with Gasteiger partial charge in [-0.3, -0.25) is 4.57 Å². The zero-order valence-electron chi connectivity index (χ0n) is 42.6. The molecule has 0 radical (unpaired) electrons. The summed E-state index contributed by atoms with van der Waals surface area (Å²) in [5, 5.41) is 16.0. The zero-order valence-corrected chi connectivity index (χ0v) is 42.6. The number of hydrogen-bond acceptors (Lipinski definition) is 3. The van der Waals surface area contributed by atoms with E-state index >= 15 is 0 Å². The van der Waals surface area contributed by atoms with E-state index in [2.05, 4.69) is 272 Å². The van der Waals surface area contributed by atoms with Crippen LogP contribution in [0.5, 0.6) is 0 Å². The van der Waals surface area contributed by atoms with Gasteiger partial charge in [0.2, 0.25) is 0 Å². The van der Waals surface area contributed by atoms with Crippen molar-refractivity contribution in [2.24, 2.45) is 0 Å². The number of aryl methyl sites for hydroxylation is 1. The van der Waals surface area contributed by atoms with E-state index in [4.69, 9.17) is 15.0 Å². The van der Waals surface area contributed by atoms with Crippen LogP contribution in [-0.4, -0.2) is 19.5 Å². The first-order valence-corrected chi connectivity index (χ1v) is 26.7. The van der Waals surface area contributed by atoms with E-state index in [1.807, 2.05) is 0 Å². The molecule has 16 rings (SSSR count). The Morgan fingerprint density at radius 2 is 0.782 bits per heavy atom. The van der Waals surface area contributed by atoms with E-state index in [0.29, 0.717) is 5.82 Å². The molecule has 2 aromatic heterocycles. The minimum absolute atomic E-state index is 0.677. The van der Waals surface area contributed by atoms with Crippen LogP contribution in [0.1, 0.15) is 5.56 Å². The summed E-state index contributed by atoms with van der Waals surface area (Å²) in [6.07, 6.45) is 0. The molecule has 4 nitrogen and oxygen atoms in total. The maximum absolute atomic E-state index is 5.67. The van der Waals surface area contributed by atoms with Gasteiger partial charge in [-0.25, -0.2) is 15.0 Å². The molecular weight excluding hydrogens is 945 g/mol. The van der Waals surface area contributed by atoms with Crippen LogP contribution in [0.3, 0.4) is 0 Å². The highest BCUT2D eigenvalue weighted by atomic mass is 15.1. The molecule has 0 aliphatic carbocycles. The topological polar surface area (TPSA) is 43.6 Å². The molecule has 2 heterocycles. The predicted molar refractivity (Wildman–Crippen MR) is 327 cm³/mol. The van der Waals surface area contributed by atoms with Gasteiger partial charge in [-0.2, -0.15) is 0 Å². The lowest BCUT2D eigenvalue weighted by molar-refractivity contribution is 1.07. The van der Waals surface area contributed by atoms with Crippen LogP contribution in [0.2, 0.25) is 0 Å². The fraction of sp³-hybridized carbons (Fsp3) is 0.0135. The maximum Gasteiger partial charge on any atom is 0.160 e. The van der Waals surface area contributed by atoms with Crippen LogP contribution < -0.4 is 0 Å². The lowest BCUT2D eigenvalue weighted by Gasteiger charge is -2.19. The Morgan fingerprint density at radius 3 is 1.38 bits per heavy atom. The van der Waals surface area contributed by atoms with Crippen LogP contribution in [0.25, 0.3) is 160 Å². The number of aromatic nitrogens is 4. The smallest absolute Gasteiger partial charge is 0.160 e. The largest absolute Gasteiger partial charge is 0.292 e. The van der Waals surface area contributed by atoms with Crippen LogP contribution >= 0.6 is 0 Å². The van der Waals surface area contributed by atoms with Gasteiger partial charge in [0.1, 0.15) is 5.82 Å². The molecule has 14 aromatic carbocycles. The molecule has 0 spiro atoms. The third-order valence-corrected chi connectivity index (χ3v) is 16.2. The average molecular weight is 991 g/mol. The second kappa shape index (κ2) is 17.4. The highest BCUT2D eigenvalue weighted by molar-refractivity contribution is 6.28. The van der Waals surface area contributed by atoms with E-state index in [0.717, 1.165) is 84.0 Å². The van der Waals surface area contributed by atoms with Crippen LogP contribution in [-0.2, 0) is 0 Å². The Balaban J connectivity index is 0.984. The summed E-state index contributed by atoms with van der Waals surface area (Å²) >= 11 is 0. The monoisotopic (exact) mass is 990 g/mol. The Hall–Kier alpha value is -10.3. The maximum atomic E-state index is 5.67. The molecule has 0 aliphatic heterocycles. The second-order valence-corrected chi connectivity index (χ2v) is 20.7. The highest BCUT2D eigenvalue weighted by Gasteiger charge is 2.25. The first-order chi connectivity index (χ1) is 38.6. The van der Waals surface area contributed by atoms with Crippen LogP contribution in [0, 0.1) is 6.92 Å². The number of fused-ring (bicyclic) bond motifs is 1. The SMILES string of the molecule is Cc1ccc(-c2nc(-c3ccc(-n4c(-c5ccccc5)nc(-c5ccccc5)c4-c4ccccc4)cc3)c3cc(-c4ccc5ccc6cccc7ccc4c5c67)cc(-c4ccc5ccc6cccc7ccc4c5c67)c3n2)cc1. The van der Waals surface area contributed by atoms with Gasteiger partial charge in [0.25, 0.3) is 0 Å². The van der Waals surface area contributed by atoms with Crippen molar-refractivity contribution < 1.29 is 0 Å². The van der Waals surface area contributed by atoms with Crippen molar-refractivity contribution in [3.63, 3.8) is 0 Å². The summed E-state index contributed by atoms with van der Waals surface area (Å²) in [4.78, 5) is 16.8. The van der Waals surface area contributed by atoms with Crippen molar-refractivity contribution >= 4 is 75.5 Å². The van der Waals surface area contributed by atoms with Gasteiger partial charge < -0.3 is 0 Å². The number of benzene rings is 14. The van der Waals surface area contributed by atoms with Crippen molar-refractivity contribution in [2.75, 3.05) is 0 Å². The van der Waals surface area contributed by atoms with Crippen molar-refractivity contribution in [1.82, 2.24) is 19.5 Å². The lowest BCUT2D eigenvalue weighted by Crippen LogP contribution is -2.01. The summed E-state index contributed by atoms with van der Waals surface area (Å²) in [5.74, 6) is 1.54. The summed E-state index contributed by atoms with van der Waals surface area (Å²) in [7, 11) is 0. The molecule has 0 unspecified atom stereocenters. The van der Waals surface area contributed by atoms with Crippen molar-refractivity contribution in [1.29, 1.82) is 0 Å². The Bertz CT molecular complexity index is 4950. The Kier molecular flexibility index (Phi) is 9.82. The molecule has 362 valence electrons. The molecule has 78 heavy (non-hydrogen) atoms. The fourth-order valence-corrected chi connectivity index (χ4v) is 12.5. The van der Waals surface area contributed by atoms with Gasteiger partial charge in [-0.15, -0.1) is 0 Å². The third kappa shape index (κ3) is 6.90. The number of hydrogen-bond donors (Lipinski definition) is 0. The molecule has 0 bridgehead atoms. The summed E-state index contributed by atoms with van der Waals surface area (Å²) in [5.41, 5.74) is 15.5. The van der Waals surface area contributed by atoms with Crippen molar-refractivity contribution in [3.8, 4) is 84.5 Å². The first-order valence-electron chi connectivity index (χ1n) is 26.7. The third-order valence-electron chi connectivity index (χ3n) is 16.2. The van der Waals surface area contributed by atoms with Gasteiger partial charge in [-0.05, 0) is 113 Å². The van der Waals surface area contributed by atoms with Gasteiger partial charge >= 0.3 is 0 Å². The molecule has 16 aromatic rings. The quantitative estimate of drug-likeness (QED) is 0.143. The number of rotatable bonds is 8. The number of imidazole rings is 1. The summed E-state index contributed by atoms with van der Waals surface area (Å²) in [6.45, 7) is 2.12. The second-order valence-electron chi connectivity index (χ2n) is 20.7. The van der Waals surface area contributed by atoms with Crippen LogP contribution in [0.15, 0.2) is 261 Å². The molecule has 0 fully saturated rings. The summed E-state index contributed by atoms with van der Waals surface area (Å²) in [6, 6.07) is 94.7. The minimum atomic E-state index is 0.677. The molecule has 0 aliphatic rings. The van der Waals surface area contributed by atoms with Crippen LogP contribution in [0.4, 0.5) is 0 Å². The molecule has 0 N–H and O–H groups in total. The zero-order chi connectivity index (χ0) is 51.4. The molecule has 0 atom stereocenters. The Morgan fingerprint density at radius 1 is 0.295 bits per heavy atom. The van der Waals surface area contributed by atoms with E-state index in [1.54, 1.807) is 0 Å². The molecule has 4 heteroatoms. The molecule has 0 amide bonds. The first kappa shape index (κ1) is 44.0. The van der Waals surface area contributed by atoms with Crippen molar-refractivity contribution in [3.05, 3.63) is 266 Å². The lowest BCUT2D eigenvalue weighted by atomic mass is 9.86. The Labute approximate surface area is 450 Å².